The highest BCUT2D eigenvalue weighted by Crippen LogP contribution is 2.23. The monoisotopic (exact) mass is 387 g/mol. The summed E-state index contributed by atoms with van der Waals surface area (Å²) < 4.78 is 15.1. The van der Waals surface area contributed by atoms with E-state index in [1.165, 1.54) is 6.07 Å². The zero-order valence-corrected chi connectivity index (χ0v) is 14.9. The lowest BCUT2D eigenvalue weighted by atomic mass is 10.2. The molecule has 0 fully saturated rings. The van der Waals surface area contributed by atoms with Crippen LogP contribution >= 0.6 is 11.8 Å². The van der Waals surface area contributed by atoms with Crippen molar-refractivity contribution in [1.29, 1.82) is 0 Å². The number of hydrogen-bond acceptors (Lipinski definition) is 6. The molecular weight excluding hydrogens is 373 g/mol. The first-order valence-corrected chi connectivity index (χ1v) is 8.76. The summed E-state index contributed by atoms with van der Waals surface area (Å²) in [5, 5.41) is 21.7. The first-order chi connectivity index (χ1) is 12.9. The molecule has 0 aliphatic heterocycles. The SMILES string of the molecule is Cc1ccc(-n2cnnc2SCC(=O)Nc2ccc(F)c([N+](=O)[O-])c2)cc1. The maximum Gasteiger partial charge on any atom is 0.306 e. The van der Waals surface area contributed by atoms with Crippen LogP contribution in [0.25, 0.3) is 5.69 Å². The Bertz CT molecular complexity index is 990. The number of nitro groups is 1. The van der Waals surface area contributed by atoms with E-state index in [0.29, 0.717) is 5.16 Å². The number of nitrogens with one attached hydrogen (secondary N) is 1. The van der Waals surface area contributed by atoms with E-state index in [9.17, 15) is 19.3 Å². The summed E-state index contributed by atoms with van der Waals surface area (Å²) in [5.74, 6) is -1.35. The Labute approximate surface area is 157 Å². The third kappa shape index (κ3) is 4.47. The molecule has 2 aromatic carbocycles. The summed E-state index contributed by atoms with van der Waals surface area (Å²) in [7, 11) is 0. The number of nitro benzene ring substituents is 1. The molecule has 0 saturated heterocycles. The molecule has 1 amide bonds. The fraction of sp³-hybridized carbons (Fsp3) is 0.118. The maximum atomic E-state index is 13.3. The van der Waals surface area contributed by atoms with Crippen molar-refractivity contribution in [2.45, 2.75) is 12.1 Å². The van der Waals surface area contributed by atoms with E-state index in [1.54, 1.807) is 10.9 Å². The van der Waals surface area contributed by atoms with Crippen LogP contribution in [-0.2, 0) is 4.79 Å². The number of halogens is 1. The lowest BCUT2D eigenvalue weighted by molar-refractivity contribution is -0.387. The number of hydrogen-bond donors (Lipinski definition) is 1. The average Bonchev–Trinajstić information content (AvgIpc) is 3.10. The highest BCUT2D eigenvalue weighted by atomic mass is 32.2. The Hall–Kier alpha value is -3.27. The minimum atomic E-state index is -0.960. The molecule has 27 heavy (non-hydrogen) atoms. The van der Waals surface area contributed by atoms with Gasteiger partial charge in [0.1, 0.15) is 6.33 Å². The van der Waals surface area contributed by atoms with E-state index in [0.717, 1.165) is 35.1 Å². The first kappa shape index (κ1) is 18.5. The smallest absolute Gasteiger partial charge is 0.306 e. The van der Waals surface area contributed by atoms with Gasteiger partial charge < -0.3 is 5.32 Å². The summed E-state index contributed by atoms with van der Waals surface area (Å²) in [5.41, 5.74) is 1.43. The molecule has 1 heterocycles. The van der Waals surface area contributed by atoms with Crippen molar-refractivity contribution in [3.63, 3.8) is 0 Å². The normalized spacial score (nSPS) is 10.6. The largest absolute Gasteiger partial charge is 0.325 e. The fourth-order valence-electron chi connectivity index (χ4n) is 2.26. The second-order valence-electron chi connectivity index (χ2n) is 5.58. The summed E-state index contributed by atoms with van der Waals surface area (Å²) in [6.07, 6.45) is 1.55. The molecule has 0 atom stereocenters. The zero-order chi connectivity index (χ0) is 19.4. The number of rotatable bonds is 6. The van der Waals surface area contributed by atoms with E-state index in [4.69, 9.17) is 0 Å². The van der Waals surface area contributed by atoms with Crippen molar-refractivity contribution in [2.75, 3.05) is 11.1 Å². The third-order valence-electron chi connectivity index (χ3n) is 3.59. The molecule has 0 saturated carbocycles. The zero-order valence-electron chi connectivity index (χ0n) is 14.1. The van der Waals surface area contributed by atoms with E-state index in [-0.39, 0.29) is 11.4 Å². The summed E-state index contributed by atoms with van der Waals surface area (Å²) >= 11 is 1.16. The Morgan fingerprint density at radius 1 is 1.30 bits per heavy atom. The molecule has 1 aromatic heterocycles. The van der Waals surface area contributed by atoms with Crippen LogP contribution in [0.5, 0.6) is 0 Å². The molecule has 0 aliphatic rings. The number of aromatic nitrogens is 3. The van der Waals surface area contributed by atoms with Crippen LogP contribution in [0.3, 0.4) is 0 Å². The number of anilines is 1. The number of carbonyl (C=O) groups excluding carboxylic acids is 1. The van der Waals surface area contributed by atoms with Gasteiger partial charge in [0.25, 0.3) is 0 Å². The van der Waals surface area contributed by atoms with Crippen molar-refractivity contribution in [2.24, 2.45) is 0 Å². The minimum absolute atomic E-state index is 0.00965. The molecule has 8 nitrogen and oxygen atoms in total. The lowest BCUT2D eigenvalue weighted by Crippen LogP contribution is -2.14. The summed E-state index contributed by atoms with van der Waals surface area (Å²) in [6.45, 7) is 1.98. The van der Waals surface area contributed by atoms with Gasteiger partial charge >= 0.3 is 5.69 Å². The van der Waals surface area contributed by atoms with Gasteiger partial charge in [-0.3, -0.25) is 19.5 Å². The molecule has 0 spiro atoms. The lowest BCUT2D eigenvalue weighted by Gasteiger charge is -2.07. The predicted octanol–water partition coefficient (Wildman–Crippen LogP) is 3.35. The summed E-state index contributed by atoms with van der Waals surface area (Å²) in [6, 6.07) is 10.9. The molecular formula is C17H14FN5O3S. The molecule has 1 N–H and O–H groups in total. The molecule has 10 heteroatoms. The highest BCUT2D eigenvalue weighted by molar-refractivity contribution is 7.99. The number of amides is 1. The highest BCUT2D eigenvalue weighted by Gasteiger charge is 2.16. The van der Waals surface area contributed by atoms with Gasteiger partial charge in [-0.05, 0) is 31.2 Å². The van der Waals surface area contributed by atoms with E-state index in [1.807, 2.05) is 31.2 Å². The van der Waals surface area contributed by atoms with E-state index < -0.39 is 22.3 Å². The summed E-state index contributed by atoms with van der Waals surface area (Å²) in [4.78, 5) is 22.0. The van der Waals surface area contributed by atoms with Gasteiger partial charge in [0.05, 0.1) is 10.7 Å². The molecule has 3 aromatic rings. The van der Waals surface area contributed by atoms with Crippen LogP contribution < -0.4 is 5.32 Å². The maximum absolute atomic E-state index is 13.3. The quantitative estimate of drug-likeness (QED) is 0.395. The van der Waals surface area contributed by atoms with Crippen LogP contribution in [0.15, 0.2) is 53.9 Å². The van der Waals surface area contributed by atoms with Crippen LogP contribution in [0.2, 0.25) is 0 Å². The van der Waals surface area contributed by atoms with Crippen molar-refractivity contribution < 1.29 is 14.1 Å². The van der Waals surface area contributed by atoms with E-state index in [2.05, 4.69) is 15.5 Å². The van der Waals surface area contributed by atoms with Crippen LogP contribution in [0.1, 0.15) is 5.56 Å². The Balaban J connectivity index is 1.65. The first-order valence-electron chi connectivity index (χ1n) is 7.77. The number of nitrogens with zero attached hydrogens (tertiary/aromatic N) is 4. The second-order valence-corrected chi connectivity index (χ2v) is 6.52. The molecule has 0 radical (unpaired) electrons. The van der Waals surface area contributed by atoms with Gasteiger partial charge in [-0.25, -0.2) is 0 Å². The number of aryl methyl sites for hydroxylation is 1. The van der Waals surface area contributed by atoms with Crippen molar-refractivity contribution in [3.05, 3.63) is 70.3 Å². The molecule has 0 unspecified atom stereocenters. The average molecular weight is 387 g/mol. The fourth-order valence-corrected chi connectivity index (χ4v) is 2.99. The van der Waals surface area contributed by atoms with Gasteiger partial charge in [-0.1, -0.05) is 29.5 Å². The number of thioether (sulfide) groups is 1. The predicted molar refractivity (Wildman–Crippen MR) is 98.5 cm³/mol. The van der Waals surface area contributed by atoms with Crippen molar-refractivity contribution >= 4 is 29.0 Å². The van der Waals surface area contributed by atoms with Crippen LogP contribution in [-0.4, -0.2) is 31.3 Å². The number of carbonyl (C=O) groups is 1. The number of benzene rings is 2. The second kappa shape index (κ2) is 7.96. The van der Waals surface area contributed by atoms with Gasteiger partial charge in [0.2, 0.25) is 11.7 Å². The van der Waals surface area contributed by atoms with Crippen molar-refractivity contribution in [3.8, 4) is 5.69 Å². The van der Waals surface area contributed by atoms with Crippen molar-refractivity contribution in [1.82, 2.24) is 14.8 Å². The molecule has 138 valence electrons. The van der Waals surface area contributed by atoms with Crippen LogP contribution in [0, 0.1) is 22.9 Å². The molecule has 3 rings (SSSR count). The van der Waals surface area contributed by atoms with Gasteiger partial charge in [0, 0.05) is 17.4 Å². The van der Waals surface area contributed by atoms with Gasteiger partial charge in [0.15, 0.2) is 5.16 Å². The van der Waals surface area contributed by atoms with E-state index >= 15 is 0 Å². The molecule has 0 aliphatic carbocycles. The Morgan fingerprint density at radius 2 is 2.04 bits per heavy atom. The van der Waals surface area contributed by atoms with Gasteiger partial charge in [-0.2, -0.15) is 4.39 Å². The third-order valence-corrected chi connectivity index (χ3v) is 4.53. The topological polar surface area (TPSA) is 103 Å². The minimum Gasteiger partial charge on any atom is -0.325 e. The Kier molecular flexibility index (Phi) is 5.46. The molecule has 0 bridgehead atoms. The van der Waals surface area contributed by atoms with Gasteiger partial charge in [-0.15, -0.1) is 10.2 Å². The van der Waals surface area contributed by atoms with Crippen LogP contribution in [0.4, 0.5) is 15.8 Å². The standard InChI is InChI=1S/C17H14FN5O3S/c1-11-2-5-13(6-3-11)22-10-19-21-17(22)27-9-16(24)20-12-4-7-14(18)15(8-12)23(25)26/h2-8,10H,9H2,1H3,(H,20,24). The Morgan fingerprint density at radius 3 is 2.74 bits per heavy atom.